The highest BCUT2D eigenvalue weighted by atomic mass is 32.1. The summed E-state index contributed by atoms with van der Waals surface area (Å²) >= 11 is 1.45. The Morgan fingerprint density at radius 2 is 2.36 bits per heavy atom. The van der Waals surface area contributed by atoms with Crippen molar-refractivity contribution in [3.63, 3.8) is 0 Å². The highest BCUT2D eigenvalue weighted by molar-refractivity contribution is 7.18. The quantitative estimate of drug-likeness (QED) is 0.829. The van der Waals surface area contributed by atoms with Crippen LogP contribution in [0.1, 0.15) is 13.3 Å². The Hall–Kier alpha value is -1.43. The van der Waals surface area contributed by atoms with Crippen molar-refractivity contribution in [3.8, 4) is 10.6 Å². The molecule has 2 aromatic rings. The predicted octanol–water partition coefficient (Wildman–Crippen LogP) is 1.39. The first-order valence-electron chi connectivity index (χ1n) is 4.41. The number of nitrogen functional groups attached to an aromatic ring is 1. The molecule has 0 aliphatic rings. The van der Waals surface area contributed by atoms with Gasteiger partial charge in [-0.1, -0.05) is 23.5 Å². The third-order valence-electron chi connectivity index (χ3n) is 1.83. The molecule has 74 valence electrons. The van der Waals surface area contributed by atoms with Crippen LogP contribution in [0.15, 0.2) is 12.4 Å². The fourth-order valence-electron chi connectivity index (χ4n) is 1.23. The second-order valence-corrected chi connectivity index (χ2v) is 3.97. The number of anilines is 1. The maximum absolute atomic E-state index is 5.57. The van der Waals surface area contributed by atoms with Gasteiger partial charge in [-0.2, -0.15) is 0 Å². The van der Waals surface area contributed by atoms with Crippen LogP contribution in [0.4, 0.5) is 5.13 Å². The summed E-state index contributed by atoms with van der Waals surface area (Å²) in [4.78, 5) is 5.02. The van der Waals surface area contributed by atoms with Crippen LogP contribution in [-0.2, 0) is 6.54 Å². The molecule has 0 fully saturated rings. The monoisotopic (exact) mass is 209 g/mol. The third kappa shape index (κ3) is 1.60. The summed E-state index contributed by atoms with van der Waals surface area (Å²) in [6.45, 7) is 2.97. The van der Waals surface area contributed by atoms with Crippen molar-refractivity contribution < 1.29 is 0 Å². The molecule has 14 heavy (non-hydrogen) atoms. The number of thiazole rings is 1. The van der Waals surface area contributed by atoms with Crippen LogP contribution < -0.4 is 5.73 Å². The van der Waals surface area contributed by atoms with E-state index in [9.17, 15) is 0 Å². The van der Waals surface area contributed by atoms with Crippen molar-refractivity contribution in [2.45, 2.75) is 19.9 Å². The van der Waals surface area contributed by atoms with Gasteiger partial charge in [0.25, 0.3) is 0 Å². The largest absolute Gasteiger partial charge is 0.375 e. The zero-order chi connectivity index (χ0) is 9.97. The van der Waals surface area contributed by atoms with Crippen LogP contribution in [0.5, 0.6) is 0 Å². The fraction of sp³-hybridized carbons (Fsp3) is 0.375. The maximum Gasteiger partial charge on any atom is 0.180 e. The van der Waals surface area contributed by atoms with Gasteiger partial charge >= 0.3 is 0 Å². The van der Waals surface area contributed by atoms with Crippen molar-refractivity contribution >= 4 is 16.5 Å². The van der Waals surface area contributed by atoms with E-state index in [4.69, 9.17) is 5.73 Å². The van der Waals surface area contributed by atoms with Gasteiger partial charge in [0.05, 0.1) is 11.1 Å². The molecule has 0 bridgehead atoms. The predicted molar refractivity (Wildman–Crippen MR) is 55.8 cm³/mol. The van der Waals surface area contributed by atoms with Gasteiger partial charge in [0.1, 0.15) is 5.69 Å². The zero-order valence-corrected chi connectivity index (χ0v) is 8.66. The van der Waals surface area contributed by atoms with Crippen molar-refractivity contribution in [3.05, 3.63) is 12.4 Å². The summed E-state index contributed by atoms with van der Waals surface area (Å²) in [6.07, 6.45) is 4.53. The van der Waals surface area contributed by atoms with E-state index >= 15 is 0 Å². The normalized spacial score (nSPS) is 10.6. The molecule has 6 heteroatoms. The highest BCUT2D eigenvalue weighted by Gasteiger charge is 2.08. The van der Waals surface area contributed by atoms with Gasteiger partial charge < -0.3 is 5.73 Å². The van der Waals surface area contributed by atoms with Crippen molar-refractivity contribution in [2.75, 3.05) is 5.73 Å². The summed E-state index contributed by atoms with van der Waals surface area (Å²) in [6, 6.07) is 0. The lowest BCUT2D eigenvalue weighted by Crippen LogP contribution is -2.00. The Labute approximate surface area is 85.6 Å². The summed E-state index contributed by atoms with van der Waals surface area (Å²) in [7, 11) is 0. The van der Waals surface area contributed by atoms with Gasteiger partial charge in [0.2, 0.25) is 0 Å². The molecule has 0 aromatic carbocycles. The first kappa shape index (κ1) is 9.14. The lowest BCUT2D eigenvalue weighted by molar-refractivity contribution is 0.584. The number of aryl methyl sites for hydroxylation is 1. The van der Waals surface area contributed by atoms with Crippen LogP contribution in [0.25, 0.3) is 10.6 Å². The molecule has 0 aliphatic carbocycles. The van der Waals surface area contributed by atoms with Crippen molar-refractivity contribution in [1.29, 1.82) is 0 Å². The average Bonchev–Trinajstić information content (AvgIpc) is 2.74. The van der Waals surface area contributed by atoms with E-state index in [1.165, 1.54) is 11.3 Å². The summed E-state index contributed by atoms with van der Waals surface area (Å²) in [5.74, 6) is 0. The van der Waals surface area contributed by atoms with E-state index in [0.29, 0.717) is 5.13 Å². The first-order valence-corrected chi connectivity index (χ1v) is 5.23. The molecule has 0 spiro atoms. The van der Waals surface area contributed by atoms with E-state index < -0.39 is 0 Å². The highest BCUT2D eigenvalue weighted by Crippen LogP contribution is 2.26. The number of hydrogen-bond donors (Lipinski definition) is 1. The van der Waals surface area contributed by atoms with Gasteiger partial charge in [0.15, 0.2) is 5.13 Å². The topological polar surface area (TPSA) is 69.6 Å². The molecule has 2 rings (SSSR count). The fourth-order valence-corrected chi connectivity index (χ4v) is 1.93. The number of aromatic nitrogens is 4. The Morgan fingerprint density at radius 1 is 1.50 bits per heavy atom. The van der Waals surface area contributed by atoms with Gasteiger partial charge in [-0.15, -0.1) is 5.10 Å². The molecule has 0 saturated carbocycles. The lowest BCUT2D eigenvalue weighted by atomic mass is 10.4. The minimum atomic E-state index is 0.573. The second kappa shape index (κ2) is 3.75. The molecule has 5 nitrogen and oxygen atoms in total. The van der Waals surface area contributed by atoms with Gasteiger partial charge in [-0.25, -0.2) is 9.67 Å². The molecule has 2 N–H and O–H groups in total. The van der Waals surface area contributed by atoms with Crippen LogP contribution >= 0.6 is 11.3 Å². The molecular weight excluding hydrogens is 198 g/mol. The number of nitrogens with zero attached hydrogens (tertiary/aromatic N) is 4. The van der Waals surface area contributed by atoms with E-state index in [0.717, 1.165) is 23.5 Å². The van der Waals surface area contributed by atoms with Gasteiger partial charge in [-0.3, -0.25) is 0 Å². The van der Waals surface area contributed by atoms with E-state index in [2.05, 4.69) is 22.2 Å². The van der Waals surface area contributed by atoms with Crippen LogP contribution in [0.3, 0.4) is 0 Å². The molecule has 2 aromatic heterocycles. The van der Waals surface area contributed by atoms with Gasteiger partial charge in [0, 0.05) is 12.7 Å². The maximum atomic E-state index is 5.57. The van der Waals surface area contributed by atoms with Crippen LogP contribution in [0, 0.1) is 0 Å². The summed E-state index contributed by atoms with van der Waals surface area (Å²) in [5.41, 5.74) is 6.55. The third-order valence-corrected chi connectivity index (χ3v) is 2.68. The van der Waals surface area contributed by atoms with Crippen LogP contribution in [-0.4, -0.2) is 20.0 Å². The molecule has 2 heterocycles. The zero-order valence-electron chi connectivity index (χ0n) is 7.84. The second-order valence-electron chi connectivity index (χ2n) is 2.91. The Kier molecular flexibility index (Phi) is 2.45. The summed E-state index contributed by atoms with van der Waals surface area (Å²) < 4.78 is 1.87. The SMILES string of the molecule is CCCn1nncc1-c1cnc(N)s1. The number of hydrogen-bond acceptors (Lipinski definition) is 5. The Morgan fingerprint density at radius 3 is 3.00 bits per heavy atom. The standard InChI is InChI=1S/C8H11N5S/c1-2-3-13-6(4-11-12-13)7-5-10-8(9)14-7/h4-5H,2-3H2,1H3,(H2,9,10). The van der Waals surface area contributed by atoms with E-state index in [1.54, 1.807) is 12.4 Å². The minimum absolute atomic E-state index is 0.573. The lowest BCUT2D eigenvalue weighted by Gasteiger charge is -2.00. The molecule has 0 saturated heterocycles. The van der Waals surface area contributed by atoms with Gasteiger partial charge in [-0.05, 0) is 6.42 Å². The van der Waals surface area contributed by atoms with Crippen molar-refractivity contribution in [1.82, 2.24) is 20.0 Å². The average molecular weight is 209 g/mol. The Bertz CT molecular complexity index is 419. The minimum Gasteiger partial charge on any atom is -0.375 e. The smallest absolute Gasteiger partial charge is 0.180 e. The molecule has 0 radical (unpaired) electrons. The number of rotatable bonds is 3. The molecule has 0 unspecified atom stereocenters. The first-order chi connectivity index (χ1) is 6.81. The molecular formula is C8H11N5S. The van der Waals surface area contributed by atoms with Crippen molar-refractivity contribution in [2.24, 2.45) is 0 Å². The molecule has 0 aliphatic heterocycles. The Balaban J connectivity index is 2.36. The van der Waals surface area contributed by atoms with E-state index in [-0.39, 0.29) is 0 Å². The van der Waals surface area contributed by atoms with Crippen LogP contribution in [0.2, 0.25) is 0 Å². The molecule has 0 amide bonds. The molecule has 0 atom stereocenters. The van der Waals surface area contributed by atoms with E-state index in [1.807, 2.05) is 4.68 Å². The summed E-state index contributed by atoms with van der Waals surface area (Å²) in [5, 5.41) is 8.45. The number of nitrogens with two attached hydrogens (primary N) is 1.